The molecular weight excluding hydrogens is 279 g/mol. The van der Waals surface area contributed by atoms with Gasteiger partial charge in [-0.2, -0.15) is 0 Å². The van der Waals surface area contributed by atoms with Crippen molar-refractivity contribution < 1.29 is 0 Å². The zero-order chi connectivity index (χ0) is 13.2. The van der Waals surface area contributed by atoms with Gasteiger partial charge in [0, 0.05) is 29.2 Å². The van der Waals surface area contributed by atoms with Crippen LogP contribution in [0, 0.1) is 0 Å². The summed E-state index contributed by atoms with van der Waals surface area (Å²) in [4.78, 5) is 0. The molecule has 1 N–H and O–H groups in total. The standard InChI is InChI=1S/C15H18Cl2N2/c16-11-9-14(17)13-5-8-19(15(13)10-11)7-2-1-6-18-12-3-4-12/h5,8-10,12,18H,1-4,6-7H2. The number of halogens is 2. The van der Waals surface area contributed by atoms with Gasteiger partial charge in [0.05, 0.1) is 10.5 Å². The molecular formula is C15H18Cl2N2. The average Bonchev–Trinajstić information content (AvgIpc) is 3.10. The van der Waals surface area contributed by atoms with Crippen LogP contribution in [0.15, 0.2) is 24.4 Å². The number of rotatable bonds is 6. The third-order valence-electron chi connectivity index (χ3n) is 3.64. The first-order valence-electron chi connectivity index (χ1n) is 6.91. The molecule has 2 aromatic rings. The van der Waals surface area contributed by atoms with Crippen molar-refractivity contribution in [2.45, 2.75) is 38.3 Å². The Morgan fingerprint density at radius 3 is 2.84 bits per heavy atom. The van der Waals surface area contributed by atoms with Crippen molar-refractivity contribution >= 4 is 34.1 Å². The van der Waals surface area contributed by atoms with Crippen LogP contribution in [0.25, 0.3) is 10.9 Å². The lowest BCUT2D eigenvalue weighted by Crippen LogP contribution is -2.17. The first-order valence-corrected chi connectivity index (χ1v) is 7.67. The van der Waals surface area contributed by atoms with Gasteiger partial charge in [0.2, 0.25) is 0 Å². The minimum atomic E-state index is 0.702. The van der Waals surface area contributed by atoms with E-state index in [-0.39, 0.29) is 0 Å². The quantitative estimate of drug-likeness (QED) is 0.778. The number of aryl methyl sites for hydroxylation is 1. The van der Waals surface area contributed by atoms with E-state index < -0.39 is 0 Å². The molecule has 1 heterocycles. The van der Waals surface area contributed by atoms with Crippen LogP contribution in [0.4, 0.5) is 0 Å². The Labute approximate surface area is 123 Å². The maximum Gasteiger partial charge on any atom is 0.0514 e. The Morgan fingerprint density at radius 1 is 1.21 bits per heavy atom. The number of nitrogens with one attached hydrogen (secondary N) is 1. The molecule has 0 bridgehead atoms. The van der Waals surface area contributed by atoms with Gasteiger partial charge < -0.3 is 9.88 Å². The molecule has 0 spiro atoms. The lowest BCUT2D eigenvalue weighted by molar-refractivity contribution is 0.575. The summed E-state index contributed by atoms with van der Waals surface area (Å²) >= 11 is 12.3. The van der Waals surface area contributed by atoms with E-state index in [2.05, 4.69) is 22.1 Å². The summed E-state index contributed by atoms with van der Waals surface area (Å²) in [6.07, 6.45) is 7.21. The zero-order valence-electron chi connectivity index (χ0n) is 10.8. The van der Waals surface area contributed by atoms with Crippen molar-refractivity contribution in [2.24, 2.45) is 0 Å². The second-order valence-electron chi connectivity index (χ2n) is 5.27. The summed E-state index contributed by atoms with van der Waals surface area (Å²) in [5.41, 5.74) is 1.13. The van der Waals surface area contributed by atoms with E-state index in [1.165, 1.54) is 25.7 Å². The molecule has 19 heavy (non-hydrogen) atoms. The van der Waals surface area contributed by atoms with Gasteiger partial charge in [0.15, 0.2) is 0 Å². The Bertz CT molecular complexity index is 573. The average molecular weight is 297 g/mol. The maximum atomic E-state index is 6.19. The molecule has 2 nitrogen and oxygen atoms in total. The van der Waals surface area contributed by atoms with Gasteiger partial charge in [-0.05, 0) is 50.4 Å². The molecule has 102 valence electrons. The number of fused-ring (bicyclic) bond motifs is 1. The van der Waals surface area contributed by atoms with Crippen molar-refractivity contribution in [1.82, 2.24) is 9.88 Å². The molecule has 0 amide bonds. The van der Waals surface area contributed by atoms with E-state index in [0.717, 1.165) is 35.1 Å². The summed E-state index contributed by atoms with van der Waals surface area (Å²) in [5.74, 6) is 0. The minimum Gasteiger partial charge on any atom is -0.347 e. The van der Waals surface area contributed by atoms with Gasteiger partial charge >= 0.3 is 0 Å². The van der Waals surface area contributed by atoms with Gasteiger partial charge in [-0.25, -0.2) is 0 Å². The highest BCUT2D eigenvalue weighted by atomic mass is 35.5. The molecule has 4 heteroatoms. The number of hydrogen-bond donors (Lipinski definition) is 1. The van der Waals surface area contributed by atoms with Gasteiger partial charge in [-0.1, -0.05) is 23.2 Å². The number of unbranched alkanes of at least 4 members (excludes halogenated alkanes) is 1. The molecule has 3 rings (SSSR count). The van der Waals surface area contributed by atoms with Crippen molar-refractivity contribution in [3.63, 3.8) is 0 Å². The monoisotopic (exact) mass is 296 g/mol. The molecule has 1 saturated carbocycles. The van der Waals surface area contributed by atoms with Gasteiger partial charge in [0.25, 0.3) is 0 Å². The highest BCUT2D eigenvalue weighted by molar-refractivity contribution is 6.38. The fraction of sp³-hybridized carbons (Fsp3) is 0.467. The zero-order valence-corrected chi connectivity index (χ0v) is 12.3. The van der Waals surface area contributed by atoms with E-state index in [9.17, 15) is 0 Å². The molecule has 0 radical (unpaired) electrons. The SMILES string of the molecule is Clc1cc(Cl)c2ccn(CCCCNC3CC3)c2c1. The van der Waals surface area contributed by atoms with E-state index >= 15 is 0 Å². The predicted molar refractivity (Wildman–Crippen MR) is 82.2 cm³/mol. The van der Waals surface area contributed by atoms with E-state index in [0.29, 0.717) is 5.02 Å². The van der Waals surface area contributed by atoms with Crippen LogP contribution in [-0.2, 0) is 6.54 Å². The van der Waals surface area contributed by atoms with Crippen LogP contribution >= 0.6 is 23.2 Å². The number of hydrogen-bond acceptors (Lipinski definition) is 1. The first-order chi connectivity index (χ1) is 9.24. The first kappa shape index (κ1) is 13.3. The molecule has 0 atom stereocenters. The highest BCUT2D eigenvalue weighted by Crippen LogP contribution is 2.28. The highest BCUT2D eigenvalue weighted by Gasteiger charge is 2.19. The molecule has 0 unspecified atom stereocenters. The summed E-state index contributed by atoms with van der Waals surface area (Å²) in [7, 11) is 0. The maximum absolute atomic E-state index is 6.19. The van der Waals surface area contributed by atoms with Crippen LogP contribution in [-0.4, -0.2) is 17.2 Å². The normalized spacial score (nSPS) is 15.3. The molecule has 1 aromatic heterocycles. The van der Waals surface area contributed by atoms with Crippen molar-refractivity contribution in [3.05, 3.63) is 34.4 Å². The van der Waals surface area contributed by atoms with Crippen LogP contribution in [0.1, 0.15) is 25.7 Å². The van der Waals surface area contributed by atoms with Crippen LogP contribution < -0.4 is 5.32 Å². The number of nitrogens with zero attached hydrogens (tertiary/aromatic N) is 1. The van der Waals surface area contributed by atoms with Crippen molar-refractivity contribution in [2.75, 3.05) is 6.54 Å². The molecule has 0 aliphatic heterocycles. The lowest BCUT2D eigenvalue weighted by atomic mass is 10.2. The molecule has 1 aliphatic rings. The molecule has 0 saturated heterocycles. The summed E-state index contributed by atoms with van der Waals surface area (Å²) in [6, 6.07) is 6.67. The van der Waals surface area contributed by atoms with E-state index in [4.69, 9.17) is 23.2 Å². The third-order valence-corrected chi connectivity index (χ3v) is 4.17. The smallest absolute Gasteiger partial charge is 0.0514 e. The Kier molecular flexibility index (Phi) is 4.01. The fourth-order valence-corrected chi connectivity index (χ4v) is 2.96. The number of aromatic nitrogens is 1. The topological polar surface area (TPSA) is 17.0 Å². The van der Waals surface area contributed by atoms with Gasteiger partial charge in [-0.15, -0.1) is 0 Å². The second kappa shape index (κ2) is 5.74. The van der Waals surface area contributed by atoms with Crippen molar-refractivity contribution in [1.29, 1.82) is 0 Å². The minimum absolute atomic E-state index is 0.702. The molecule has 1 aliphatic carbocycles. The van der Waals surface area contributed by atoms with E-state index in [1.807, 2.05) is 6.07 Å². The van der Waals surface area contributed by atoms with Gasteiger partial charge in [-0.3, -0.25) is 0 Å². The fourth-order valence-electron chi connectivity index (χ4n) is 2.41. The van der Waals surface area contributed by atoms with Crippen LogP contribution in [0.2, 0.25) is 10.0 Å². The van der Waals surface area contributed by atoms with E-state index in [1.54, 1.807) is 6.07 Å². The third kappa shape index (κ3) is 3.25. The molecule has 1 aromatic carbocycles. The predicted octanol–water partition coefficient (Wildman–Crippen LogP) is 4.48. The van der Waals surface area contributed by atoms with Crippen molar-refractivity contribution in [3.8, 4) is 0 Å². The largest absolute Gasteiger partial charge is 0.347 e. The van der Waals surface area contributed by atoms with Crippen LogP contribution in [0.3, 0.4) is 0 Å². The summed E-state index contributed by atoms with van der Waals surface area (Å²) < 4.78 is 2.24. The molecule has 1 fully saturated rings. The second-order valence-corrected chi connectivity index (χ2v) is 6.11. The Balaban J connectivity index is 1.60. The number of benzene rings is 1. The summed E-state index contributed by atoms with van der Waals surface area (Å²) in [5, 5.41) is 6.06. The van der Waals surface area contributed by atoms with Crippen LogP contribution in [0.5, 0.6) is 0 Å². The Morgan fingerprint density at radius 2 is 2.05 bits per heavy atom. The van der Waals surface area contributed by atoms with Gasteiger partial charge in [0.1, 0.15) is 0 Å². The summed E-state index contributed by atoms with van der Waals surface area (Å²) in [6.45, 7) is 2.15. The lowest BCUT2D eigenvalue weighted by Gasteiger charge is -2.07. The Hall–Kier alpha value is -0.700.